The lowest BCUT2D eigenvalue weighted by atomic mass is 10.1. The number of hydrogen-bond donors (Lipinski definition) is 1. The van der Waals surface area contributed by atoms with E-state index in [0.717, 1.165) is 16.7 Å². The lowest BCUT2D eigenvalue weighted by Crippen LogP contribution is -2.22. The lowest BCUT2D eigenvalue weighted by Gasteiger charge is -2.04. The number of amides is 1. The van der Waals surface area contributed by atoms with Gasteiger partial charge >= 0.3 is 5.63 Å². The molecule has 1 N–H and O–H groups in total. The van der Waals surface area contributed by atoms with E-state index in [4.69, 9.17) is 4.42 Å². The van der Waals surface area contributed by atoms with Crippen molar-refractivity contribution < 1.29 is 17.6 Å². The van der Waals surface area contributed by atoms with Crippen LogP contribution in [0.5, 0.6) is 0 Å². The molecule has 0 atom stereocenters. The van der Waals surface area contributed by atoms with Crippen molar-refractivity contribution in [2.75, 3.05) is 11.1 Å². The molecule has 7 nitrogen and oxygen atoms in total. The Morgan fingerprint density at radius 2 is 1.79 bits per heavy atom. The number of thiazole rings is 1. The summed E-state index contributed by atoms with van der Waals surface area (Å²) in [5.74, 6) is -1.41. The molecule has 4 aromatic rings. The maximum absolute atomic E-state index is 12.3. The summed E-state index contributed by atoms with van der Waals surface area (Å²) >= 11 is 1.09. The molecule has 2 aromatic heterocycles. The van der Waals surface area contributed by atoms with Crippen LogP contribution in [0, 0.1) is 0 Å². The zero-order valence-electron chi connectivity index (χ0n) is 14.9. The van der Waals surface area contributed by atoms with E-state index in [1.54, 1.807) is 41.8 Å². The molecule has 4 rings (SSSR count). The number of para-hydroxylation sites is 1. The predicted octanol–water partition coefficient (Wildman–Crippen LogP) is 3.33. The first kappa shape index (κ1) is 19.0. The number of fused-ring (bicyclic) bond motifs is 1. The predicted molar refractivity (Wildman–Crippen MR) is 111 cm³/mol. The van der Waals surface area contributed by atoms with Crippen LogP contribution in [-0.2, 0) is 14.6 Å². The van der Waals surface area contributed by atoms with Crippen LogP contribution in [0.3, 0.4) is 0 Å². The Morgan fingerprint density at radius 3 is 2.59 bits per heavy atom. The number of sulfone groups is 1. The summed E-state index contributed by atoms with van der Waals surface area (Å²) in [5, 5.41) is 5.01. The second kappa shape index (κ2) is 7.61. The first-order valence-corrected chi connectivity index (χ1v) is 11.0. The van der Waals surface area contributed by atoms with E-state index in [2.05, 4.69) is 10.3 Å². The summed E-state index contributed by atoms with van der Waals surface area (Å²) in [4.78, 5) is 28.7. The monoisotopic (exact) mass is 426 g/mol. The first-order valence-electron chi connectivity index (χ1n) is 8.49. The third kappa shape index (κ3) is 4.10. The van der Waals surface area contributed by atoms with Crippen molar-refractivity contribution in [1.82, 2.24) is 4.98 Å². The average Bonchev–Trinajstić information content (AvgIpc) is 3.15. The Kier molecular flexibility index (Phi) is 4.99. The van der Waals surface area contributed by atoms with Crippen molar-refractivity contribution in [1.29, 1.82) is 0 Å². The number of nitrogens with zero attached hydrogens (tertiary/aromatic N) is 1. The zero-order valence-corrected chi connectivity index (χ0v) is 16.5. The maximum atomic E-state index is 12.3. The van der Waals surface area contributed by atoms with E-state index in [1.165, 1.54) is 12.1 Å². The molecular formula is C20H14N2O5S2. The van der Waals surface area contributed by atoms with E-state index in [-0.39, 0.29) is 15.6 Å². The highest BCUT2D eigenvalue weighted by molar-refractivity contribution is 7.92. The van der Waals surface area contributed by atoms with E-state index in [0.29, 0.717) is 11.3 Å². The Hall–Kier alpha value is -3.30. The third-order valence-corrected chi connectivity index (χ3v) is 6.48. The molecule has 0 spiro atoms. The highest BCUT2D eigenvalue weighted by atomic mass is 32.2. The van der Waals surface area contributed by atoms with Crippen molar-refractivity contribution in [2.45, 2.75) is 4.90 Å². The number of aromatic nitrogens is 1. The second-order valence-electron chi connectivity index (χ2n) is 6.14. The van der Waals surface area contributed by atoms with Crippen LogP contribution >= 0.6 is 11.3 Å². The molecule has 0 saturated carbocycles. The number of benzene rings is 2. The smallest absolute Gasteiger partial charge is 0.345 e. The van der Waals surface area contributed by atoms with Gasteiger partial charge in [-0.1, -0.05) is 36.4 Å². The molecule has 0 aliphatic heterocycles. The van der Waals surface area contributed by atoms with E-state index in [1.807, 2.05) is 12.1 Å². The van der Waals surface area contributed by atoms with Gasteiger partial charge in [-0.2, -0.15) is 0 Å². The van der Waals surface area contributed by atoms with Crippen molar-refractivity contribution in [3.63, 3.8) is 0 Å². The number of carbonyl (C=O) groups excluding carboxylic acids is 1. The molecule has 2 heterocycles. The Labute approximate surface area is 169 Å². The SMILES string of the molecule is O=C(CS(=O)(=O)c1ccccc1)Nc1nc(-c2cc3ccccc3oc2=O)cs1. The minimum absolute atomic E-state index is 0.0729. The van der Waals surface area contributed by atoms with E-state index >= 15 is 0 Å². The van der Waals surface area contributed by atoms with Crippen LogP contribution in [-0.4, -0.2) is 25.1 Å². The Balaban J connectivity index is 1.53. The van der Waals surface area contributed by atoms with Gasteiger partial charge in [-0.3, -0.25) is 4.79 Å². The summed E-state index contributed by atoms with van der Waals surface area (Å²) in [7, 11) is -3.76. The Bertz CT molecular complexity index is 1360. The molecular weight excluding hydrogens is 412 g/mol. The number of rotatable bonds is 5. The van der Waals surface area contributed by atoms with Gasteiger partial charge in [0.15, 0.2) is 15.0 Å². The van der Waals surface area contributed by atoms with Crippen molar-refractivity contribution in [3.05, 3.63) is 76.5 Å². The summed E-state index contributed by atoms with van der Waals surface area (Å²) in [6.45, 7) is 0. The number of anilines is 1. The van der Waals surface area contributed by atoms with E-state index < -0.39 is 27.1 Å². The molecule has 0 saturated heterocycles. The molecule has 9 heteroatoms. The maximum Gasteiger partial charge on any atom is 0.345 e. The zero-order chi connectivity index (χ0) is 20.4. The molecule has 0 bridgehead atoms. The lowest BCUT2D eigenvalue weighted by molar-refractivity contribution is -0.113. The summed E-state index contributed by atoms with van der Waals surface area (Å²) in [6.07, 6.45) is 0. The van der Waals surface area contributed by atoms with Gasteiger partial charge in [-0.05, 0) is 24.3 Å². The quantitative estimate of drug-likeness (QED) is 0.491. The Morgan fingerprint density at radius 1 is 1.07 bits per heavy atom. The molecule has 2 aromatic carbocycles. The minimum atomic E-state index is -3.76. The van der Waals surface area contributed by atoms with Gasteiger partial charge in [0.05, 0.1) is 16.2 Å². The van der Waals surface area contributed by atoms with Crippen molar-refractivity contribution in [3.8, 4) is 11.3 Å². The third-order valence-electron chi connectivity index (χ3n) is 4.09. The molecule has 0 unspecified atom stereocenters. The first-order chi connectivity index (χ1) is 13.9. The van der Waals surface area contributed by atoms with Gasteiger partial charge in [0.1, 0.15) is 11.3 Å². The average molecular weight is 426 g/mol. The summed E-state index contributed by atoms with van der Waals surface area (Å²) in [5.41, 5.74) is 0.530. The van der Waals surface area contributed by atoms with Crippen LogP contribution in [0.25, 0.3) is 22.2 Å². The van der Waals surface area contributed by atoms with Gasteiger partial charge in [-0.15, -0.1) is 11.3 Å². The van der Waals surface area contributed by atoms with Gasteiger partial charge in [0.2, 0.25) is 5.91 Å². The topological polar surface area (TPSA) is 106 Å². The number of carbonyl (C=O) groups is 1. The molecule has 29 heavy (non-hydrogen) atoms. The largest absolute Gasteiger partial charge is 0.422 e. The molecule has 0 aliphatic rings. The van der Waals surface area contributed by atoms with Gasteiger partial charge in [0, 0.05) is 10.8 Å². The van der Waals surface area contributed by atoms with Gasteiger partial charge < -0.3 is 9.73 Å². The molecule has 0 aliphatic carbocycles. The number of nitrogens with one attached hydrogen (secondary N) is 1. The van der Waals surface area contributed by atoms with Crippen molar-refractivity contribution >= 4 is 43.2 Å². The number of hydrogen-bond acceptors (Lipinski definition) is 7. The highest BCUT2D eigenvalue weighted by Gasteiger charge is 2.20. The highest BCUT2D eigenvalue weighted by Crippen LogP contribution is 2.25. The fourth-order valence-electron chi connectivity index (χ4n) is 2.73. The molecule has 1 amide bonds. The van der Waals surface area contributed by atoms with E-state index in [9.17, 15) is 18.0 Å². The van der Waals surface area contributed by atoms with Crippen LogP contribution in [0.1, 0.15) is 0 Å². The van der Waals surface area contributed by atoms with Crippen LogP contribution in [0.15, 0.2) is 80.2 Å². The van der Waals surface area contributed by atoms with Gasteiger partial charge in [0.25, 0.3) is 0 Å². The van der Waals surface area contributed by atoms with Crippen LogP contribution < -0.4 is 10.9 Å². The summed E-state index contributed by atoms with van der Waals surface area (Å²) in [6, 6.07) is 16.5. The molecule has 146 valence electrons. The molecule has 0 fully saturated rings. The minimum Gasteiger partial charge on any atom is -0.422 e. The normalized spacial score (nSPS) is 11.4. The molecule has 0 radical (unpaired) electrons. The van der Waals surface area contributed by atoms with Crippen LogP contribution in [0.4, 0.5) is 5.13 Å². The van der Waals surface area contributed by atoms with Crippen molar-refractivity contribution in [2.24, 2.45) is 0 Å². The summed E-state index contributed by atoms with van der Waals surface area (Å²) < 4.78 is 29.9. The standard InChI is InChI=1S/C20H14N2O5S2/c23-18(12-29(25,26)14-7-2-1-3-8-14)22-20-21-16(11-28-20)15-10-13-6-4-5-9-17(13)27-19(15)24/h1-11H,12H2,(H,21,22,23). The fourth-order valence-corrected chi connectivity index (χ4v) is 4.62. The van der Waals surface area contributed by atoms with Crippen LogP contribution in [0.2, 0.25) is 0 Å². The fraction of sp³-hybridized carbons (Fsp3) is 0.0500. The second-order valence-corrected chi connectivity index (χ2v) is 8.99. The van der Waals surface area contributed by atoms with Gasteiger partial charge in [-0.25, -0.2) is 18.2 Å².